The first-order chi connectivity index (χ1) is 9.34. The van der Waals surface area contributed by atoms with Crippen molar-refractivity contribution < 1.29 is 12.8 Å². The predicted octanol–water partition coefficient (Wildman–Crippen LogP) is 2.37. The van der Waals surface area contributed by atoms with Crippen molar-refractivity contribution in [3.05, 3.63) is 29.0 Å². The summed E-state index contributed by atoms with van der Waals surface area (Å²) in [4.78, 5) is -0.0619. The van der Waals surface area contributed by atoms with Crippen molar-refractivity contribution in [1.82, 2.24) is 4.31 Å². The van der Waals surface area contributed by atoms with Crippen LogP contribution in [0.2, 0.25) is 5.02 Å². The highest BCUT2D eigenvalue weighted by molar-refractivity contribution is 7.89. The molecular formula is C13H18ClFN2O2S. The second-order valence-corrected chi connectivity index (χ2v) is 7.38. The first kappa shape index (κ1) is 15.7. The highest BCUT2D eigenvalue weighted by atomic mass is 35.5. The topological polar surface area (TPSA) is 63.4 Å². The standard InChI is InChI=1S/C13H18ClFN2O2S/c1-9(16)12-4-2-3-7-17(12)20(18,19)13-6-5-10(15)8-11(13)14/h5-6,8-9,12H,2-4,7,16H2,1H3/t9-,12+/m0/s1. The van der Waals surface area contributed by atoms with Gasteiger partial charge in [-0.15, -0.1) is 0 Å². The minimum Gasteiger partial charge on any atom is -0.326 e. The molecule has 1 saturated heterocycles. The van der Waals surface area contributed by atoms with E-state index in [2.05, 4.69) is 0 Å². The third kappa shape index (κ3) is 2.98. The summed E-state index contributed by atoms with van der Waals surface area (Å²) in [6, 6.07) is 2.82. The Hall–Kier alpha value is -0.690. The summed E-state index contributed by atoms with van der Waals surface area (Å²) in [6.45, 7) is 2.22. The van der Waals surface area contributed by atoms with Gasteiger partial charge in [-0.2, -0.15) is 4.31 Å². The molecule has 20 heavy (non-hydrogen) atoms. The van der Waals surface area contributed by atoms with E-state index in [9.17, 15) is 12.8 Å². The fraction of sp³-hybridized carbons (Fsp3) is 0.538. The monoisotopic (exact) mass is 320 g/mol. The minimum atomic E-state index is -3.75. The summed E-state index contributed by atoms with van der Waals surface area (Å²) < 4.78 is 39.9. The second-order valence-electron chi connectivity index (χ2n) is 5.11. The van der Waals surface area contributed by atoms with Gasteiger partial charge in [-0.1, -0.05) is 18.0 Å². The van der Waals surface area contributed by atoms with Gasteiger partial charge in [0.15, 0.2) is 0 Å². The Labute approximate surface area is 123 Å². The van der Waals surface area contributed by atoms with E-state index in [0.717, 1.165) is 31.4 Å². The van der Waals surface area contributed by atoms with Crippen LogP contribution in [0.4, 0.5) is 4.39 Å². The summed E-state index contributed by atoms with van der Waals surface area (Å²) in [6.07, 6.45) is 2.48. The van der Waals surface area contributed by atoms with Crippen LogP contribution in [0.5, 0.6) is 0 Å². The maximum absolute atomic E-state index is 13.1. The molecule has 1 heterocycles. The van der Waals surface area contributed by atoms with E-state index in [1.807, 2.05) is 0 Å². The van der Waals surface area contributed by atoms with Crippen molar-refractivity contribution in [2.24, 2.45) is 5.73 Å². The molecule has 1 aliphatic heterocycles. The molecule has 112 valence electrons. The third-order valence-electron chi connectivity index (χ3n) is 3.59. The van der Waals surface area contributed by atoms with Gasteiger partial charge in [0.25, 0.3) is 0 Å². The molecule has 1 aromatic rings. The predicted molar refractivity (Wildman–Crippen MR) is 76.6 cm³/mol. The molecule has 0 spiro atoms. The first-order valence-corrected chi connectivity index (χ1v) is 8.38. The summed E-state index contributed by atoms with van der Waals surface area (Å²) in [5, 5.41) is -0.0982. The molecule has 2 rings (SSSR count). The van der Waals surface area contributed by atoms with Gasteiger partial charge in [0.1, 0.15) is 10.7 Å². The van der Waals surface area contributed by atoms with E-state index in [1.165, 1.54) is 10.4 Å². The third-order valence-corrected chi connectivity index (χ3v) is 5.99. The maximum atomic E-state index is 13.1. The summed E-state index contributed by atoms with van der Waals surface area (Å²) >= 11 is 5.88. The Morgan fingerprint density at radius 1 is 1.45 bits per heavy atom. The molecule has 0 bridgehead atoms. The Bertz CT molecular complexity index is 592. The van der Waals surface area contributed by atoms with Crippen LogP contribution in [0.25, 0.3) is 0 Å². The Morgan fingerprint density at radius 2 is 2.15 bits per heavy atom. The van der Waals surface area contributed by atoms with E-state index in [0.29, 0.717) is 6.54 Å². The van der Waals surface area contributed by atoms with Gasteiger partial charge in [-0.25, -0.2) is 12.8 Å². The molecule has 0 aliphatic carbocycles. The van der Waals surface area contributed by atoms with E-state index < -0.39 is 15.8 Å². The van der Waals surface area contributed by atoms with Crippen LogP contribution < -0.4 is 5.73 Å². The number of rotatable bonds is 3. The van der Waals surface area contributed by atoms with Crippen molar-refractivity contribution in [3.8, 4) is 0 Å². The second kappa shape index (κ2) is 5.97. The highest BCUT2D eigenvalue weighted by Gasteiger charge is 2.36. The van der Waals surface area contributed by atoms with Crippen LogP contribution in [0.15, 0.2) is 23.1 Å². The van der Waals surface area contributed by atoms with Crippen LogP contribution >= 0.6 is 11.6 Å². The van der Waals surface area contributed by atoms with Gasteiger partial charge in [-0.3, -0.25) is 0 Å². The van der Waals surface area contributed by atoms with Crippen LogP contribution in [0.3, 0.4) is 0 Å². The van der Waals surface area contributed by atoms with Crippen molar-refractivity contribution in [2.75, 3.05) is 6.54 Å². The van der Waals surface area contributed by atoms with Crippen molar-refractivity contribution in [3.63, 3.8) is 0 Å². The molecule has 1 aromatic carbocycles. The molecule has 2 atom stereocenters. The summed E-state index contributed by atoms with van der Waals surface area (Å²) in [7, 11) is -3.75. The number of piperidine rings is 1. The molecule has 0 aromatic heterocycles. The fourth-order valence-corrected chi connectivity index (χ4v) is 4.85. The Balaban J connectivity index is 2.42. The highest BCUT2D eigenvalue weighted by Crippen LogP contribution is 2.30. The lowest BCUT2D eigenvalue weighted by molar-refractivity contribution is 0.227. The van der Waals surface area contributed by atoms with Crippen LogP contribution in [-0.4, -0.2) is 31.4 Å². The largest absolute Gasteiger partial charge is 0.326 e. The van der Waals surface area contributed by atoms with E-state index in [-0.39, 0.29) is 22.0 Å². The normalized spacial score (nSPS) is 22.7. The van der Waals surface area contributed by atoms with Crippen LogP contribution in [0.1, 0.15) is 26.2 Å². The average molecular weight is 321 g/mol. The molecule has 4 nitrogen and oxygen atoms in total. The van der Waals surface area contributed by atoms with Gasteiger partial charge in [-0.05, 0) is 38.0 Å². The molecule has 0 radical (unpaired) electrons. The SMILES string of the molecule is C[C@H](N)[C@H]1CCCCN1S(=O)(=O)c1ccc(F)cc1Cl. The number of nitrogens with two attached hydrogens (primary N) is 1. The molecular weight excluding hydrogens is 303 g/mol. The number of nitrogens with zero attached hydrogens (tertiary/aromatic N) is 1. The summed E-state index contributed by atoms with van der Waals surface area (Å²) in [5.41, 5.74) is 5.90. The van der Waals surface area contributed by atoms with Crippen molar-refractivity contribution in [2.45, 2.75) is 43.2 Å². The van der Waals surface area contributed by atoms with E-state index in [1.54, 1.807) is 6.92 Å². The molecule has 0 unspecified atom stereocenters. The quantitative estimate of drug-likeness (QED) is 0.930. The zero-order valence-corrected chi connectivity index (χ0v) is 12.8. The van der Waals surface area contributed by atoms with Gasteiger partial charge >= 0.3 is 0 Å². The van der Waals surface area contributed by atoms with Gasteiger partial charge in [0.05, 0.1) is 5.02 Å². The summed E-state index contributed by atoms with van der Waals surface area (Å²) in [5.74, 6) is -0.559. The van der Waals surface area contributed by atoms with Crippen molar-refractivity contribution in [1.29, 1.82) is 0 Å². The smallest absolute Gasteiger partial charge is 0.244 e. The fourth-order valence-electron chi connectivity index (χ4n) is 2.57. The Kier molecular flexibility index (Phi) is 4.69. The molecule has 0 saturated carbocycles. The van der Waals surface area contributed by atoms with Crippen LogP contribution in [-0.2, 0) is 10.0 Å². The van der Waals surface area contributed by atoms with E-state index >= 15 is 0 Å². The number of benzene rings is 1. The van der Waals surface area contributed by atoms with E-state index in [4.69, 9.17) is 17.3 Å². The van der Waals surface area contributed by atoms with Gasteiger partial charge in [0, 0.05) is 18.6 Å². The number of sulfonamides is 1. The molecule has 2 N–H and O–H groups in total. The molecule has 1 aliphatic rings. The first-order valence-electron chi connectivity index (χ1n) is 6.56. The molecule has 0 amide bonds. The average Bonchev–Trinajstić information content (AvgIpc) is 2.38. The lowest BCUT2D eigenvalue weighted by atomic mass is 10.00. The van der Waals surface area contributed by atoms with Gasteiger partial charge < -0.3 is 5.73 Å². The zero-order valence-electron chi connectivity index (χ0n) is 11.2. The number of halogens is 2. The number of hydrogen-bond donors (Lipinski definition) is 1. The lowest BCUT2D eigenvalue weighted by Crippen LogP contribution is -2.51. The maximum Gasteiger partial charge on any atom is 0.244 e. The van der Waals surface area contributed by atoms with Crippen LogP contribution in [0, 0.1) is 5.82 Å². The lowest BCUT2D eigenvalue weighted by Gasteiger charge is -2.37. The number of hydrogen-bond acceptors (Lipinski definition) is 3. The zero-order chi connectivity index (χ0) is 14.9. The Morgan fingerprint density at radius 3 is 2.75 bits per heavy atom. The van der Waals surface area contributed by atoms with Gasteiger partial charge in [0.2, 0.25) is 10.0 Å². The minimum absolute atomic E-state index is 0.0619. The molecule has 1 fully saturated rings. The van der Waals surface area contributed by atoms with Crippen molar-refractivity contribution >= 4 is 21.6 Å². The molecule has 7 heteroatoms.